The maximum Gasteiger partial charge on any atom is 0.257 e. The highest BCUT2D eigenvalue weighted by atomic mass is 16.5. The molecule has 102 valence electrons. The van der Waals surface area contributed by atoms with Crippen LogP contribution in [-0.4, -0.2) is 54.0 Å². The van der Waals surface area contributed by atoms with E-state index in [-0.39, 0.29) is 0 Å². The lowest BCUT2D eigenvalue weighted by molar-refractivity contribution is 0.0320. The minimum Gasteiger partial charge on any atom is -0.474 e. The first-order valence-electron chi connectivity index (χ1n) is 6.50. The van der Waals surface area contributed by atoms with Crippen LogP contribution in [-0.2, 0) is 4.74 Å². The lowest BCUT2D eigenvalue weighted by Gasteiger charge is -2.26. The predicted octanol–water partition coefficient (Wildman–Crippen LogP) is 0.628. The minimum absolute atomic E-state index is 0.513. The van der Waals surface area contributed by atoms with E-state index in [0.29, 0.717) is 18.2 Å². The lowest BCUT2D eigenvalue weighted by atomic mass is 10.4. The molecule has 0 aliphatic carbocycles. The smallest absolute Gasteiger partial charge is 0.257 e. The molecule has 0 amide bonds. The number of nitrogen functional groups attached to an aromatic ring is 1. The maximum atomic E-state index is 6.02. The molecule has 6 nitrogen and oxygen atoms in total. The maximum absolute atomic E-state index is 6.02. The molecule has 2 aromatic heterocycles. The van der Waals surface area contributed by atoms with Crippen LogP contribution in [0.4, 0.5) is 5.69 Å². The van der Waals surface area contributed by atoms with Crippen molar-refractivity contribution in [3.8, 4) is 5.88 Å². The van der Waals surface area contributed by atoms with Crippen LogP contribution >= 0.6 is 0 Å². The Bertz CT molecular complexity index is 549. The van der Waals surface area contributed by atoms with Gasteiger partial charge in [-0.1, -0.05) is 6.07 Å². The zero-order valence-electron chi connectivity index (χ0n) is 10.8. The molecule has 0 spiro atoms. The van der Waals surface area contributed by atoms with E-state index in [1.54, 1.807) is 4.52 Å². The van der Waals surface area contributed by atoms with Crippen molar-refractivity contribution < 1.29 is 9.47 Å². The Balaban J connectivity index is 1.60. The van der Waals surface area contributed by atoms with Gasteiger partial charge in [-0.2, -0.15) is 0 Å². The van der Waals surface area contributed by atoms with Crippen molar-refractivity contribution in [1.82, 2.24) is 14.5 Å². The van der Waals surface area contributed by atoms with E-state index in [4.69, 9.17) is 15.2 Å². The summed E-state index contributed by atoms with van der Waals surface area (Å²) < 4.78 is 12.7. The van der Waals surface area contributed by atoms with Gasteiger partial charge in [0.05, 0.1) is 18.7 Å². The fourth-order valence-electron chi connectivity index (χ4n) is 2.20. The summed E-state index contributed by atoms with van der Waals surface area (Å²) in [6, 6.07) is 5.78. The summed E-state index contributed by atoms with van der Waals surface area (Å²) in [5, 5.41) is 4.32. The molecule has 1 aliphatic rings. The van der Waals surface area contributed by atoms with Crippen molar-refractivity contribution in [1.29, 1.82) is 0 Å². The third-order valence-corrected chi connectivity index (χ3v) is 3.29. The molecule has 3 rings (SSSR count). The third kappa shape index (κ3) is 2.64. The third-order valence-electron chi connectivity index (χ3n) is 3.29. The van der Waals surface area contributed by atoms with Crippen molar-refractivity contribution in [2.24, 2.45) is 0 Å². The van der Waals surface area contributed by atoms with Gasteiger partial charge < -0.3 is 15.2 Å². The number of pyridine rings is 1. The van der Waals surface area contributed by atoms with Gasteiger partial charge in [-0.3, -0.25) is 4.90 Å². The van der Waals surface area contributed by atoms with E-state index >= 15 is 0 Å². The number of nitrogens with zero attached hydrogens (tertiary/aromatic N) is 3. The zero-order valence-corrected chi connectivity index (χ0v) is 10.8. The van der Waals surface area contributed by atoms with Gasteiger partial charge >= 0.3 is 0 Å². The molecule has 0 saturated carbocycles. The van der Waals surface area contributed by atoms with E-state index < -0.39 is 0 Å². The number of morpholine rings is 1. The molecule has 3 heterocycles. The van der Waals surface area contributed by atoms with Crippen LogP contribution in [0.15, 0.2) is 24.4 Å². The Morgan fingerprint density at radius 1 is 1.32 bits per heavy atom. The number of rotatable bonds is 4. The number of ether oxygens (including phenoxy) is 2. The highest BCUT2D eigenvalue weighted by Crippen LogP contribution is 2.24. The minimum atomic E-state index is 0.513. The highest BCUT2D eigenvalue weighted by Gasteiger charge is 2.12. The predicted molar refractivity (Wildman–Crippen MR) is 72.4 cm³/mol. The highest BCUT2D eigenvalue weighted by molar-refractivity contribution is 5.74. The molecule has 2 N–H and O–H groups in total. The number of nitrogens with two attached hydrogens (primary N) is 1. The summed E-state index contributed by atoms with van der Waals surface area (Å²) in [6.45, 7) is 4.99. The number of fused-ring (bicyclic) bond motifs is 1. The molecular weight excluding hydrogens is 244 g/mol. The molecular formula is C13H18N4O2. The molecule has 2 aromatic rings. The van der Waals surface area contributed by atoms with Crippen molar-refractivity contribution in [3.63, 3.8) is 0 Å². The van der Waals surface area contributed by atoms with Crippen LogP contribution in [0.25, 0.3) is 5.52 Å². The molecule has 0 aromatic carbocycles. The first kappa shape index (κ1) is 12.3. The van der Waals surface area contributed by atoms with Crippen molar-refractivity contribution in [2.75, 3.05) is 45.2 Å². The summed E-state index contributed by atoms with van der Waals surface area (Å²) in [5.41, 5.74) is 7.49. The van der Waals surface area contributed by atoms with Crippen LogP contribution in [0.2, 0.25) is 0 Å². The monoisotopic (exact) mass is 262 g/mol. The molecule has 0 unspecified atom stereocenters. The Kier molecular flexibility index (Phi) is 3.52. The molecule has 1 aliphatic heterocycles. The average molecular weight is 262 g/mol. The summed E-state index contributed by atoms with van der Waals surface area (Å²) >= 11 is 0. The summed E-state index contributed by atoms with van der Waals surface area (Å²) in [5.74, 6) is 0.513. The summed E-state index contributed by atoms with van der Waals surface area (Å²) in [6.07, 6.45) is 1.86. The Hall–Kier alpha value is -1.79. The molecule has 0 atom stereocenters. The molecule has 0 bridgehead atoms. The van der Waals surface area contributed by atoms with Crippen LogP contribution in [0.1, 0.15) is 0 Å². The van der Waals surface area contributed by atoms with Gasteiger partial charge in [0.15, 0.2) is 0 Å². The number of aromatic nitrogens is 2. The van der Waals surface area contributed by atoms with E-state index in [0.717, 1.165) is 38.4 Å². The van der Waals surface area contributed by atoms with Crippen LogP contribution in [0.5, 0.6) is 5.88 Å². The van der Waals surface area contributed by atoms with Crippen LogP contribution in [0, 0.1) is 0 Å². The fourth-order valence-corrected chi connectivity index (χ4v) is 2.20. The standard InChI is InChI=1S/C13H18N4O2/c14-12-11-3-1-2-4-17(11)15-13(12)19-10-7-16-5-8-18-9-6-16/h1-4H,5-10,14H2. The van der Waals surface area contributed by atoms with Gasteiger partial charge in [0.25, 0.3) is 5.88 Å². The quantitative estimate of drug-likeness (QED) is 0.875. The van der Waals surface area contributed by atoms with Gasteiger partial charge in [-0.25, -0.2) is 4.52 Å². The number of hydrogen-bond donors (Lipinski definition) is 1. The Morgan fingerprint density at radius 2 is 2.16 bits per heavy atom. The van der Waals surface area contributed by atoms with Gasteiger partial charge in [-0.05, 0) is 12.1 Å². The van der Waals surface area contributed by atoms with Crippen LogP contribution < -0.4 is 10.5 Å². The molecule has 6 heteroatoms. The first-order chi connectivity index (χ1) is 9.34. The largest absolute Gasteiger partial charge is 0.474 e. The molecule has 19 heavy (non-hydrogen) atoms. The van der Waals surface area contributed by atoms with Gasteiger partial charge in [-0.15, -0.1) is 5.10 Å². The first-order valence-corrected chi connectivity index (χ1v) is 6.50. The second-order valence-electron chi connectivity index (χ2n) is 4.55. The number of anilines is 1. The van der Waals surface area contributed by atoms with E-state index in [2.05, 4.69) is 10.00 Å². The average Bonchev–Trinajstić information content (AvgIpc) is 2.78. The second kappa shape index (κ2) is 5.46. The van der Waals surface area contributed by atoms with Gasteiger partial charge in [0.1, 0.15) is 12.3 Å². The normalized spacial score (nSPS) is 16.8. The Labute approximate surface area is 111 Å². The van der Waals surface area contributed by atoms with Crippen molar-refractivity contribution in [2.45, 2.75) is 0 Å². The molecule has 0 radical (unpaired) electrons. The number of hydrogen-bond acceptors (Lipinski definition) is 5. The second-order valence-corrected chi connectivity index (χ2v) is 4.55. The van der Waals surface area contributed by atoms with E-state index in [1.807, 2.05) is 24.4 Å². The van der Waals surface area contributed by atoms with Gasteiger partial charge in [0.2, 0.25) is 0 Å². The topological polar surface area (TPSA) is 65.0 Å². The fraction of sp³-hybridized carbons (Fsp3) is 0.462. The van der Waals surface area contributed by atoms with Crippen molar-refractivity contribution >= 4 is 11.2 Å². The molecule has 1 saturated heterocycles. The zero-order chi connectivity index (χ0) is 13.1. The molecule has 1 fully saturated rings. The lowest BCUT2D eigenvalue weighted by Crippen LogP contribution is -2.38. The SMILES string of the molecule is Nc1c(OCCN2CCOCC2)nn2ccccc12. The van der Waals surface area contributed by atoms with Crippen LogP contribution in [0.3, 0.4) is 0 Å². The Morgan fingerprint density at radius 3 is 2.95 bits per heavy atom. The van der Waals surface area contributed by atoms with E-state index in [1.165, 1.54) is 0 Å². The van der Waals surface area contributed by atoms with Gasteiger partial charge in [0, 0.05) is 25.8 Å². The summed E-state index contributed by atoms with van der Waals surface area (Å²) in [7, 11) is 0. The van der Waals surface area contributed by atoms with E-state index in [9.17, 15) is 0 Å². The summed E-state index contributed by atoms with van der Waals surface area (Å²) in [4.78, 5) is 2.31. The van der Waals surface area contributed by atoms with Crippen molar-refractivity contribution in [3.05, 3.63) is 24.4 Å².